The molecule has 1 saturated carbocycles. The first-order valence-corrected chi connectivity index (χ1v) is 11.6. The van der Waals surface area contributed by atoms with E-state index < -0.39 is 0 Å². The minimum atomic E-state index is -0.0200. The lowest BCUT2D eigenvalue weighted by Crippen LogP contribution is -2.41. The Bertz CT molecular complexity index is 730. The summed E-state index contributed by atoms with van der Waals surface area (Å²) in [7, 11) is 4.01. The zero-order valence-electron chi connectivity index (χ0n) is 19.5. The van der Waals surface area contributed by atoms with Gasteiger partial charge >= 0.3 is 0 Å². The van der Waals surface area contributed by atoms with E-state index in [0.717, 1.165) is 37.7 Å². The average Bonchev–Trinajstić information content (AvgIpc) is 3.14. The number of nitrogens with zero attached hydrogens (tertiary/aromatic N) is 3. The number of halogens is 1. The first kappa shape index (κ1) is 25.9. The lowest BCUT2D eigenvalue weighted by atomic mass is 9.73. The van der Waals surface area contributed by atoms with Crippen molar-refractivity contribution < 1.29 is 4.79 Å². The summed E-state index contributed by atoms with van der Waals surface area (Å²) < 4.78 is 0. The maximum Gasteiger partial charge on any atom is 0.251 e. The molecule has 3 rings (SSSR count). The van der Waals surface area contributed by atoms with Gasteiger partial charge in [0, 0.05) is 38.3 Å². The number of guanidine groups is 1. The molecule has 2 fully saturated rings. The van der Waals surface area contributed by atoms with Crippen molar-refractivity contribution in [3.05, 3.63) is 35.4 Å². The summed E-state index contributed by atoms with van der Waals surface area (Å²) in [6, 6.07) is 7.84. The fraction of sp³-hybridized carbons (Fsp3) is 0.667. The van der Waals surface area contributed by atoms with Crippen LogP contribution in [-0.4, -0.2) is 68.5 Å². The molecule has 2 aliphatic rings. The topological polar surface area (TPSA) is 60.0 Å². The van der Waals surface area contributed by atoms with Gasteiger partial charge in [0.15, 0.2) is 5.96 Å². The summed E-state index contributed by atoms with van der Waals surface area (Å²) in [6.07, 6.45) is 8.19. The van der Waals surface area contributed by atoms with Crippen molar-refractivity contribution >= 4 is 35.8 Å². The summed E-state index contributed by atoms with van der Waals surface area (Å²) in [5.74, 6) is 0.995. The summed E-state index contributed by atoms with van der Waals surface area (Å²) in [6.45, 7) is 7.30. The number of likely N-dealkylation sites (tertiary alicyclic amines) is 1. The molecule has 7 heteroatoms. The molecule has 0 radical (unpaired) electrons. The van der Waals surface area contributed by atoms with E-state index in [1.165, 1.54) is 38.5 Å². The number of amides is 1. The first-order valence-electron chi connectivity index (χ1n) is 11.6. The number of hydrogen-bond donors (Lipinski definition) is 2. The number of rotatable bonds is 7. The molecule has 2 N–H and O–H groups in total. The van der Waals surface area contributed by atoms with E-state index in [1.54, 1.807) is 0 Å². The van der Waals surface area contributed by atoms with Gasteiger partial charge in [-0.2, -0.15) is 0 Å². The van der Waals surface area contributed by atoms with E-state index in [9.17, 15) is 4.79 Å². The van der Waals surface area contributed by atoms with Crippen LogP contribution in [0.5, 0.6) is 0 Å². The van der Waals surface area contributed by atoms with Gasteiger partial charge in [-0.05, 0) is 63.4 Å². The van der Waals surface area contributed by atoms with Crippen molar-refractivity contribution in [3.8, 4) is 0 Å². The fourth-order valence-corrected chi connectivity index (χ4v) is 4.72. The number of aliphatic imine (C=N–C) groups is 1. The minimum Gasteiger partial charge on any atom is -0.357 e. The lowest BCUT2D eigenvalue weighted by Gasteiger charge is -2.33. The third kappa shape index (κ3) is 7.63. The molecular weight excluding hydrogens is 501 g/mol. The van der Waals surface area contributed by atoms with Crippen LogP contribution < -0.4 is 10.6 Å². The Morgan fingerprint density at radius 1 is 1.16 bits per heavy atom. The number of likely N-dealkylation sites (N-methyl/N-ethyl adjacent to an activating group) is 1. The molecule has 0 atom stereocenters. The van der Waals surface area contributed by atoms with E-state index in [-0.39, 0.29) is 29.9 Å². The van der Waals surface area contributed by atoms with Gasteiger partial charge in [0.2, 0.25) is 0 Å². The van der Waals surface area contributed by atoms with Crippen LogP contribution in [-0.2, 0) is 6.54 Å². The van der Waals surface area contributed by atoms with E-state index >= 15 is 0 Å². The second kappa shape index (κ2) is 12.6. The van der Waals surface area contributed by atoms with E-state index in [2.05, 4.69) is 33.4 Å². The van der Waals surface area contributed by atoms with Gasteiger partial charge in [0.25, 0.3) is 5.91 Å². The highest BCUT2D eigenvalue weighted by Crippen LogP contribution is 2.43. The van der Waals surface area contributed by atoms with E-state index in [4.69, 9.17) is 4.99 Å². The maximum absolute atomic E-state index is 12.4. The largest absolute Gasteiger partial charge is 0.357 e. The molecule has 1 aliphatic carbocycles. The van der Waals surface area contributed by atoms with Gasteiger partial charge < -0.3 is 20.4 Å². The van der Waals surface area contributed by atoms with Crippen LogP contribution in [0.15, 0.2) is 29.3 Å². The molecule has 1 aromatic rings. The van der Waals surface area contributed by atoms with Crippen LogP contribution in [0, 0.1) is 5.41 Å². The van der Waals surface area contributed by atoms with Gasteiger partial charge in [-0.3, -0.25) is 4.79 Å². The second-order valence-electron chi connectivity index (χ2n) is 9.16. The number of nitrogens with one attached hydrogen (secondary N) is 2. The SMILES string of the molecule is CCNC(=NCc1cccc(C(=O)NCCN(C)C)c1)N1CCC2(CCCCC2)C1.I. The maximum atomic E-state index is 12.4. The fourth-order valence-electron chi connectivity index (χ4n) is 4.72. The van der Waals surface area contributed by atoms with Gasteiger partial charge in [0.05, 0.1) is 6.54 Å². The Balaban J connectivity index is 0.00000341. The van der Waals surface area contributed by atoms with Gasteiger partial charge in [-0.25, -0.2) is 4.99 Å². The molecule has 0 unspecified atom stereocenters. The van der Waals surface area contributed by atoms with Crippen LogP contribution in [0.2, 0.25) is 0 Å². The summed E-state index contributed by atoms with van der Waals surface area (Å²) in [5, 5.41) is 6.47. The summed E-state index contributed by atoms with van der Waals surface area (Å²) in [4.78, 5) is 21.8. The number of carbonyl (C=O) groups excluding carboxylic acids is 1. The van der Waals surface area contributed by atoms with Crippen molar-refractivity contribution in [2.24, 2.45) is 10.4 Å². The Hall–Kier alpha value is -1.35. The number of carbonyl (C=O) groups is 1. The van der Waals surface area contributed by atoms with Crippen LogP contribution in [0.1, 0.15) is 61.4 Å². The monoisotopic (exact) mass is 541 g/mol. The van der Waals surface area contributed by atoms with E-state index in [0.29, 0.717) is 24.1 Å². The predicted molar refractivity (Wildman–Crippen MR) is 139 cm³/mol. The van der Waals surface area contributed by atoms with Crippen molar-refractivity contribution in [2.45, 2.75) is 52.0 Å². The second-order valence-corrected chi connectivity index (χ2v) is 9.16. The van der Waals surface area contributed by atoms with Crippen LogP contribution in [0.4, 0.5) is 0 Å². The highest BCUT2D eigenvalue weighted by molar-refractivity contribution is 14.0. The van der Waals surface area contributed by atoms with Crippen molar-refractivity contribution in [1.29, 1.82) is 0 Å². The molecule has 1 saturated heterocycles. The number of benzene rings is 1. The van der Waals surface area contributed by atoms with Crippen LogP contribution in [0.3, 0.4) is 0 Å². The molecular formula is C24H40IN5O. The summed E-state index contributed by atoms with van der Waals surface area (Å²) in [5.41, 5.74) is 2.28. The molecule has 0 aromatic heterocycles. The van der Waals surface area contributed by atoms with Crippen molar-refractivity contribution in [1.82, 2.24) is 20.4 Å². The molecule has 1 spiro atoms. The quantitative estimate of drug-likeness (QED) is 0.314. The Labute approximate surface area is 205 Å². The van der Waals surface area contributed by atoms with Crippen LogP contribution >= 0.6 is 24.0 Å². The molecule has 0 bridgehead atoms. The third-order valence-electron chi connectivity index (χ3n) is 6.43. The first-order chi connectivity index (χ1) is 14.5. The Kier molecular flexibility index (Phi) is 10.6. The van der Waals surface area contributed by atoms with Crippen LogP contribution in [0.25, 0.3) is 0 Å². The molecule has 1 heterocycles. The predicted octanol–water partition coefficient (Wildman–Crippen LogP) is 3.72. The van der Waals surface area contributed by atoms with Gasteiger partial charge in [-0.15, -0.1) is 24.0 Å². The molecule has 1 aliphatic heterocycles. The van der Waals surface area contributed by atoms with E-state index in [1.807, 2.05) is 32.3 Å². The molecule has 6 nitrogen and oxygen atoms in total. The Morgan fingerprint density at radius 3 is 2.65 bits per heavy atom. The minimum absolute atomic E-state index is 0. The molecule has 31 heavy (non-hydrogen) atoms. The zero-order chi connectivity index (χ0) is 21.4. The van der Waals surface area contributed by atoms with Crippen molar-refractivity contribution in [2.75, 3.05) is 46.8 Å². The van der Waals surface area contributed by atoms with Crippen molar-refractivity contribution in [3.63, 3.8) is 0 Å². The molecule has 174 valence electrons. The molecule has 1 amide bonds. The standard InChI is InChI=1S/C24H39N5O.HI/c1-4-25-23(29-15-13-24(19-29)11-6-5-7-12-24)27-18-20-9-8-10-21(17-20)22(30)26-14-16-28(2)3;/h8-10,17H,4-7,11-16,18-19H2,1-3H3,(H,25,27)(H,26,30);1H. The summed E-state index contributed by atoms with van der Waals surface area (Å²) >= 11 is 0. The highest BCUT2D eigenvalue weighted by Gasteiger charge is 2.39. The normalized spacial score (nSPS) is 18.2. The lowest BCUT2D eigenvalue weighted by molar-refractivity contribution is 0.0951. The highest BCUT2D eigenvalue weighted by atomic mass is 127. The Morgan fingerprint density at radius 2 is 1.94 bits per heavy atom. The smallest absolute Gasteiger partial charge is 0.251 e. The third-order valence-corrected chi connectivity index (χ3v) is 6.43. The number of hydrogen-bond acceptors (Lipinski definition) is 3. The van der Waals surface area contributed by atoms with Gasteiger partial charge in [-0.1, -0.05) is 31.4 Å². The zero-order valence-corrected chi connectivity index (χ0v) is 21.8. The average molecular weight is 542 g/mol. The van der Waals surface area contributed by atoms with Gasteiger partial charge in [0.1, 0.15) is 0 Å². The molecule has 1 aromatic carbocycles.